The van der Waals surface area contributed by atoms with E-state index in [1.165, 1.54) is 0 Å². The van der Waals surface area contributed by atoms with Gasteiger partial charge in [0.25, 0.3) is 0 Å². The fourth-order valence-corrected chi connectivity index (χ4v) is 3.03. The van der Waals surface area contributed by atoms with E-state index in [9.17, 15) is 4.79 Å². The Morgan fingerprint density at radius 2 is 1.83 bits per heavy atom. The summed E-state index contributed by atoms with van der Waals surface area (Å²) in [5, 5.41) is 0. The third-order valence-corrected chi connectivity index (χ3v) is 4.34. The number of likely N-dealkylation sites (tertiary alicyclic amines) is 1. The van der Waals surface area contributed by atoms with Crippen LogP contribution < -0.4 is 9.64 Å². The van der Waals surface area contributed by atoms with Crippen LogP contribution in [-0.4, -0.2) is 37.5 Å². The summed E-state index contributed by atoms with van der Waals surface area (Å²) < 4.78 is 6.02. The Morgan fingerprint density at radius 1 is 1.08 bits per heavy atom. The molecule has 0 radical (unpaired) electrons. The molecule has 4 heteroatoms. The van der Waals surface area contributed by atoms with Crippen molar-refractivity contribution in [1.29, 1.82) is 0 Å². The summed E-state index contributed by atoms with van der Waals surface area (Å²) in [7, 11) is 2.07. The molecule has 0 spiro atoms. The molecule has 0 N–H and O–H groups in total. The number of para-hydroxylation sites is 3. The van der Waals surface area contributed by atoms with E-state index in [1.807, 2.05) is 53.4 Å². The SMILES string of the molecule is CN(CCCN1CCCC1=O)c1ccccc1Oc1ccccc1. The largest absolute Gasteiger partial charge is 0.455 e. The van der Waals surface area contributed by atoms with Crippen LogP contribution in [0.1, 0.15) is 19.3 Å². The average molecular weight is 324 g/mol. The second-order valence-corrected chi connectivity index (χ2v) is 6.14. The average Bonchev–Trinajstić information content (AvgIpc) is 3.01. The van der Waals surface area contributed by atoms with E-state index in [0.717, 1.165) is 49.7 Å². The number of amides is 1. The predicted molar refractivity (Wildman–Crippen MR) is 96.7 cm³/mol. The first-order valence-electron chi connectivity index (χ1n) is 8.55. The van der Waals surface area contributed by atoms with Crippen molar-refractivity contribution >= 4 is 11.6 Å². The monoisotopic (exact) mass is 324 g/mol. The van der Waals surface area contributed by atoms with Gasteiger partial charge in [-0.05, 0) is 37.1 Å². The quantitative estimate of drug-likeness (QED) is 0.774. The van der Waals surface area contributed by atoms with E-state index in [4.69, 9.17) is 4.74 Å². The third-order valence-electron chi connectivity index (χ3n) is 4.34. The highest BCUT2D eigenvalue weighted by Crippen LogP contribution is 2.31. The van der Waals surface area contributed by atoms with Crippen molar-refractivity contribution in [2.75, 3.05) is 31.6 Å². The number of carbonyl (C=O) groups excluding carboxylic acids is 1. The molecule has 2 aromatic rings. The number of hydrogen-bond donors (Lipinski definition) is 0. The molecule has 1 heterocycles. The molecule has 0 saturated carbocycles. The van der Waals surface area contributed by atoms with E-state index in [-0.39, 0.29) is 0 Å². The van der Waals surface area contributed by atoms with Crippen molar-refractivity contribution in [1.82, 2.24) is 4.90 Å². The third kappa shape index (κ3) is 4.07. The molecule has 1 aliphatic rings. The van der Waals surface area contributed by atoms with Crippen LogP contribution in [0.25, 0.3) is 0 Å². The van der Waals surface area contributed by atoms with Gasteiger partial charge in [-0.3, -0.25) is 4.79 Å². The van der Waals surface area contributed by atoms with Crippen molar-refractivity contribution < 1.29 is 9.53 Å². The van der Waals surface area contributed by atoms with Gasteiger partial charge in [-0.1, -0.05) is 30.3 Å². The Morgan fingerprint density at radius 3 is 2.58 bits per heavy atom. The van der Waals surface area contributed by atoms with E-state index in [0.29, 0.717) is 12.3 Å². The lowest BCUT2D eigenvalue weighted by atomic mass is 10.2. The van der Waals surface area contributed by atoms with Gasteiger partial charge in [0.1, 0.15) is 5.75 Å². The first-order valence-corrected chi connectivity index (χ1v) is 8.55. The number of anilines is 1. The molecule has 0 bridgehead atoms. The molecule has 2 aromatic carbocycles. The number of benzene rings is 2. The molecule has 1 aliphatic heterocycles. The Balaban J connectivity index is 1.60. The van der Waals surface area contributed by atoms with Gasteiger partial charge in [0, 0.05) is 33.1 Å². The topological polar surface area (TPSA) is 32.8 Å². The lowest BCUT2D eigenvalue weighted by Crippen LogP contribution is -2.29. The van der Waals surface area contributed by atoms with Crippen molar-refractivity contribution in [2.45, 2.75) is 19.3 Å². The summed E-state index contributed by atoms with van der Waals surface area (Å²) in [5.74, 6) is 1.98. The zero-order valence-corrected chi connectivity index (χ0v) is 14.1. The minimum absolute atomic E-state index is 0.297. The molecular weight excluding hydrogens is 300 g/mol. The summed E-state index contributed by atoms with van der Waals surface area (Å²) in [4.78, 5) is 15.8. The van der Waals surface area contributed by atoms with E-state index >= 15 is 0 Å². The maximum atomic E-state index is 11.7. The van der Waals surface area contributed by atoms with Crippen molar-refractivity contribution in [3.63, 3.8) is 0 Å². The predicted octanol–water partition coefficient (Wildman–Crippen LogP) is 3.93. The zero-order valence-electron chi connectivity index (χ0n) is 14.1. The number of hydrogen-bond acceptors (Lipinski definition) is 3. The second-order valence-electron chi connectivity index (χ2n) is 6.14. The van der Waals surface area contributed by atoms with Crippen LogP contribution in [0.2, 0.25) is 0 Å². The standard InChI is InChI=1S/C20H24N2O2/c1-21(14-8-16-22-15-7-13-20(22)23)18-11-5-6-12-19(18)24-17-9-3-2-4-10-17/h2-6,9-12H,7-8,13-16H2,1H3. The van der Waals surface area contributed by atoms with Gasteiger partial charge in [-0.25, -0.2) is 0 Å². The molecular formula is C20H24N2O2. The molecule has 126 valence electrons. The van der Waals surface area contributed by atoms with Crippen LogP contribution in [0.15, 0.2) is 54.6 Å². The summed E-state index contributed by atoms with van der Waals surface area (Å²) in [6.45, 7) is 2.64. The Kier molecular flexibility index (Phi) is 5.36. The molecule has 1 amide bonds. The summed E-state index contributed by atoms with van der Waals surface area (Å²) >= 11 is 0. The Bertz CT molecular complexity index is 672. The minimum atomic E-state index is 0.297. The normalized spacial score (nSPS) is 14.0. The molecule has 0 aromatic heterocycles. The summed E-state index contributed by atoms with van der Waals surface area (Å²) in [6, 6.07) is 17.9. The zero-order chi connectivity index (χ0) is 16.8. The Hall–Kier alpha value is -2.49. The lowest BCUT2D eigenvalue weighted by molar-refractivity contribution is -0.127. The maximum absolute atomic E-state index is 11.7. The van der Waals surface area contributed by atoms with Gasteiger partial charge in [0.2, 0.25) is 5.91 Å². The maximum Gasteiger partial charge on any atom is 0.222 e. The molecule has 24 heavy (non-hydrogen) atoms. The van der Waals surface area contributed by atoms with Gasteiger partial charge in [-0.2, -0.15) is 0 Å². The Labute approximate surface area is 143 Å². The fourth-order valence-electron chi connectivity index (χ4n) is 3.03. The smallest absolute Gasteiger partial charge is 0.222 e. The molecule has 0 aliphatic carbocycles. The highest BCUT2D eigenvalue weighted by molar-refractivity contribution is 5.78. The molecule has 1 saturated heterocycles. The van der Waals surface area contributed by atoms with Gasteiger partial charge < -0.3 is 14.5 Å². The second kappa shape index (κ2) is 7.86. The summed E-state index contributed by atoms with van der Waals surface area (Å²) in [5.41, 5.74) is 1.06. The van der Waals surface area contributed by atoms with Crippen LogP contribution in [0, 0.1) is 0 Å². The molecule has 0 atom stereocenters. The van der Waals surface area contributed by atoms with E-state index in [1.54, 1.807) is 0 Å². The number of carbonyl (C=O) groups is 1. The van der Waals surface area contributed by atoms with Gasteiger partial charge in [0.05, 0.1) is 5.69 Å². The minimum Gasteiger partial charge on any atom is -0.455 e. The summed E-state index contributed by atoms with van der Waals surface area (Å²) in [6.07, 6.45) is 2.67. The van der Waals surface area contributed by atoms with Crippen LogP contribution in [0.5, 0.6) is 11.5 Å². The first-order chi connectivity index (χ1) is 11.7. The molecule has 0 unspecified atom stereocenters. The number of rotatable bonds is 7. The lowest BCUT2D eigenvalue weighted by Gasteiger charge is -2.23. The number of nitrogens with zero attached hydrogens (tertiary/aromatic N) is 2. The highest BCUT2D eigenvalue weighted by atomic mass is 16.5. The van der Waals surface area contributed by atoms with Crippen molar-refractivity contribution in [2.24, 2.45) is 0 Å². The molecule has 3 rings (SSSR count). The van der Waals surface area contributed by atoms with Crippen molar-refractivity contribution in [3.05, 3.63) is 54.6 Å². The highest BCUT2D eigenvalue weighted by Gasteiger charge is 2.19. The van der Waals surface area contributed by atoms with E-state index in [2.05, 4.69) is 18.0 Å². The molecule has 4 nitrogen and oxygen atoms in total. The number of ether oxygens (including phenoxy) is 1. The van der Waals surface area contributed by atoms with Gasteiger partial charge in [0.15, 0.2) is 5.75 Å². The van der Waals surface area contributed by atoms with Crippen LogP contribution >= 0.6 is 0 Å². The first kappa shape index (κ1) is 16.4. The van der Waals surface area contributed by atoms with E-state index < -0.39 is 0 Å². The fraction of sp³-hybridized carbons (Fsp3) is 0.350. The van der Waals surface area contributed by atoms with Gasteiger partial charge in [-0.15, -0.1) is 0 Å². The van der Waals surface area contributed by atoms with Crippen LogP contribution in [0.4, 0.5) is 5.69 Å². The van der Waals surface area contributed by atoms with Crippen LogP contribution in [-0.2, 0) is 4.79 Å². The van der Waals surface area contributed by atoms with Crippen LogP contribution in [0.3, 0.4) is 0 Å². The molecule has 1 fully saturated rings. The van der Waals surface area contributed by atoms with Crippen molar-refractivity contribution in [3.8, 4) is 11.5 Å². The van der Waals surface area contributed by atoms with Gasteiger partial charge >= 0.3 is 0 Å².